The number of nitrogens with zero attached hydrogens (tertiary/aromatic N) is 2. The van der Waals surface area contributed by atoms with Crippen LogP contribution in [0.2, 0.25) is 0 Å². The highest BCUT2D eigenvalue weighted by atomic mass is 16.2. The number of carbonyl (C=O) groups is 2. The monoisotopic (exact) mass is 365 g/mol. The molecule has 0 unspecified atom stereocenters. The Bertz CT molecular complexity index is 801. The van der Waals surface area contributed by atoms with Crippen LogP contribution in [0, 0.1) is 13.8 Å². The van der Waals surface area contributed by atoms with E-state index in [4.69, 9.17) is 0 Å². The lowest BCUT2D eigenvalue weighted by atomic mass is 10.1. The highest BCUT2D eigenvalue weighted by Crippen LogP contribution is 2.15. The van der Waals surface area contributed by atoms with E-state index in [1.165, 1.54) is 16.7 Å². The van der Waals surface area contributed by atoms with Gasteiger partial charge in [-0.25, -0.2) is 4.79 Å². The molecule has 0 aromatic heterocycles. The second-order valence-electron chi connectivity index (χ2n) is 7.14. The van der Waals surface area contributed by atoms with Crippen molar-refractivity contribution in [3.05, 3.63) is 70.8 Å². The summed E-state index contributed by atoms with van der Waals surface area (Å²) in [5.74, 6) is -0.104. The Labute approximate surface area is 161 Å². The first-order valence-electron chi connectivity index (χ1n) is 9.43. The minimum Gasteiger partial charge on any atom is -0.354 e. The first-order chi connectivity index (χ1) is 13.0. The van der Waals surface area contributed by atoms with Crippen LogP contribution >= 0.6 is 0 Å². The lowest BCUT2D eigenvalue weighted by molar-refractivity contribution is -0.121. The predicted molar refractivity (Wildman–Crippen MR) is 106 cm³/mol. The Morgan fingerprint density at radius 2 is 1.70 bits per heavy atom. The van der Waals surface area contributed by atoms with E-state index in [9.17, 15) is 9.59 Å². The van der Waals surface area contributed by atoms with E-state index in [0.717, 1.165) is 12.0 Å². The van der Waals surface area contributed by atoms with Crippen LogP contribution in [-0.2, 0) is 17.8 Å². The van der Waals surface area contributed by atoms with Crippen LogP contribution in [0.3, 0.4) is 0 Å². The third kappa shape index (κ3) is 5.09. The first-order valence-corrected chi connectivity index (χ1v) is 9.43. The number of rotatable bonds is 7. The van der Waals surface area contributed by atoms with Crippen molar-refractivity contribution < 1.29 is 9.59 Å². The van der Waals surface area contributed by atoms with Gasteiger partial charge in [0.2, 0.25) is 5.91 Å². The van der Waals surface area contributed by atoms with Gasteiger partial charge in [-0.15, -0.1) is 0 Å². The summed E-state index contributed by atoms with van der Waals surface area (Å²) in [5.41, 5.74) is 4.75. The molecule has 3 amide bonds. The van der Waals surface area contributed by atoms with Crippen LogP contribution in [0.1, 0.15) is 22.3 Å². The minimum absolute atomic E-state index is 0.0630. The van der Waals surface area contributed by atoms with Gasteiger partial charge in [0, 0.05) is 26.2 Å². The maximum atomic E-state index is 12.6. The summed E-state index contributed by atoms with van der Waals surface area (Å²) in [6.07, 6.45) is 0.791. The van der Waals surface area contributed by atoms with Gasteiger partial charge in [0.25, 0.3) is 0 Å². The molecule has 27 heavy (non-hydrogen) atoms. The number of nitrogens with one attached hydrogen (secondary N) is 1. The highest BCUT2D eigenvalue weighted by Gasteiger charge is 2.29. The summed E-state index contributed by atoms with van der Waals surface area (Å²) < 4.78 is 0. The molecule has 0 bridgehead atoms. The molecule has 5 nitrogen and oxygen atoms in total. The molecule has 1 N–H and O–H groups in total. The van der Waals surface area contributed by atoms with Crippen LogP contribution in [0.4, 0.5) is 4.79 Å². The summed E-state index contributed by atoms with van der Waals surface area (Å²) in [7, 11) is 0. The highest BCUT2D eigenvalue weighted by molar-refractivity contribution is 5.85. The Balaban J connectivity index is 1.44. The van der Waals surface area contributed by atoms with Crippen LogP contribution in [-0.4, -0.2) is 47.9 Å². The van der Waals surface area contributed by atoms with Crippen molar-refractivity contribution in [3.8, 4) is 0 Å². The minimum atomic E-state index is -0.104. The third-order valence-corrected chi connectivity index (χ3v) is 4.99. The first kappa shape index (κ1) is 19.0. The van der Waals surface area contributed by atoms with E-state index in [2.05, 4.69) is 49.5 Å². The Morgan fingerprint density at radius 1 is 1.00 bits per heavy atom. The van der Waals surface area contributed by atoms with Gasteiger partial charge >= 0.3 is 6.03 Å². The summed E-state index contributed by atoms with van der Waals surface area (Å²) in [4.78, 5) is 28.2. The van der Waals surface area contributed by atoms with Crippen LogP contribution in [0.5, 0.6) is 0 Å². The van der Waals surface area contributed by atoms with E-state index in [-0.39, 0.29) is 18.5 Å². The number of amides is 3. The molecule has 1 fully saturated rings. The zero-order chi connectivity index (χ0) is 19.2. The van der Waals surface area contributed by atoms with Crippen molar-refractivity contribution in [1.82, 2.24) is 15.1 Å². The van der Waals surface area contributed by atoms with E-state index in [0.29, 0.717) is 26.2 Å². The Morgan fingerprint density at radius 3 is 2.44 bits per heavy atom. The lowest BCUT2D eigenvalue weighted by Gasteiger charge is -2.19. The average molecular weight is 365 g/mol. The van der Waals surface area contributed by atoms with Crippen molar-refractivity contribution in [1.29, 1.82) is 0 Å². The third-order valence-electron chi connectivity index (χ3n) is 4.99. The number of urea groups is 1. The topological polar surface area (TPSA) is 52.7 Å². The molecule has 0 aliphatic carbocycles. The van der Waals surface area contributed by atoms with Gasteiger partial charge in [-0.1, -0.05) is 54.1 Å². The number of hydrogen-bond donors (Lipinski definition) is 1. The van der Waals surface area contributed by atoms with Crippen molar-refractivity contribution >= 4 is 11.9 Å². The fraction of sp³-hybridized carbons (Fsp3) is 0.364. The molecule has 1 aliphatic rings. The van der Waals surface area contributed by atoms with E-state index >= 15 is 0 Å². The molecule has 1 saturated heterocycles. The molecular formula is C22H27N3O2. The maximum Gasteiger partial charge on any atom is 0.320 e. The van der Waals surface area contributed by atoms with E-state index in [1.54, 1.807) is 4.90 Å². The van der Waals surface area contributed by atoms with Crippen molar-refractivity contribution in [2.24, 2.45) is 0 Å². The molecular weight excluding hydrogens is 338 g/mol. The molecule has 142 valence electrons. The van der Waals surface area contributed by atoms with Gasteiger partial charge in [0.1, 0.15) is 6.54 Å². The fourth-order valence-corrected chi connectivity index (χ4v) is 3.25. The number of aryl methyl sites for hydroxylation is 2. The Hall–Kier alpha value is -2.82. The molecule has 2 aromatic carbocycles. The molecule has 1 aliphatic heterocycles. The standard InChI is InChI=1S/C22H27N3O2/c1-17-7-9-19(10-8-17)11-12-23-21(26)16-25-14-13-24(22(25)27)15-20-6-4-3-5-18(20)2/h3-10H,11-16H2,1-2H3,(H,23,26). The van der Waals surface area contributed by atoms with Crippen molar-refractivity contribution in [2.75, 3.05) is 26.2 Å². The zero-order valence-electron chi connectivity index (χ0n) is 16.1. The zero-order valence-corrected chi connectivity index (χ0v) is 16.1. The van der Waals surface area contributed by atoms with E-state index < -0.39 is 0 Å². The van der Waals surface area contributed by atoms with Crippen LogP contribution in [0.15, 0.2) is 48.5 Å². The molecule has 0 spiro atoms. The molecule has 1 heterocycles. The lowest BCUT2D eigenvalue weighted by Crippen LogP contribution is -2.40. The number of carbonyl (C=O) groups excluding carboxylic acids is 2. The SMILES string of the molecule is Cc1ccc(CCNC(=O)CN2CCN(Cc3ccccc3C)C2=O)cc1. The fourth-order valence-electron chi connectivity index (χ4n) is 3.25. The summed E-state index contributed by atoms with van der Waals surface area (Å²) in [6.45, 7) is 6.65. The van der Waals surface area contributed by atoms with Gasteiger partial charge in [-0.2, -0.15) is 0 Å². The quantitative estimate of drug-likeness (QED) is 0.820. The molecule has 5 heteroatoms. The summed E-state index contributed by atoms with van der Waals surface area (Å²) >= 11 is 0. The molecule has 0 atom stereocenters. The van der Waals surface area contributed by atoms with Gasteiger partial charge in [0.15, 0.2) is 0 Å². The normalized spacial score (nSPS) is 13.9. The maximum absolute atomic E-state index is 12.6. The number of hydrogen-bond acceptors (Lipinski definition) is 2. The summed E-state index contributed by atoms with van der Waals surface area (Å²) in [6, 6.07) is 16.3. The van der Waals surface area contributed by atoms with Crippen LogP contribution in [0.25, 0.3) is 0 Å². The van der Waals surface area contributed by atoms with Crippen molar-refractivity contribution in [3.63, 3.8) is 0 Å². The van der Waals surface area contributed by atoms with Gasteiger partial charge in [-0.3, -0.25) is 4.79 Å². The number of benzene rings is 2. The van der Waals surface area contributed by atoms with E-state index in [1.807, 2.05) is 23.1 Å². The van der Waals surface area contributed by atoms with Crippen LogP contribution < -0.4 is 5.32 Å². The second kappa shape index (κ2) is 8.71. The van der Waals surface area contributed by atoms with Crippen molar-refractivity contribution in [2.45, 2.75) is 26.8 Å². The average Bonchev–Trinajstić information content (AvgIpc) is 2.99. The molecule has 0 saturated carbocycles. The second-order valence-corrected chi connectivity index (χ2v) is 7.14. The van der Waals surface area contributed by atoms with Gasteiger partial charge in [-0.05, 0) is 37.0 Å². The molecule has 0 radical (unpaired) electrons. The molecule has 3 rings (SSSR count). The molecule has 2 aromatic rings. The summed E-state index contributed by atoms with van der Waals surface area (Å²) in [5, 5.41) is 2.92. The smallest absolute Gasteiger partial charge is 0.320 e. The Kier molecular flexibility index (Phi) is 6.12. The van der Waals surface area contributed by atoms with Gasteiger partial charge in [0.05, 0.1) is 0 Å². The predicted octanol–water partition coefficient (Wildman–Crippen LogP) is 2.90. The largest absolute Gasteiger partial charge is 0.354 e. The van der Waals surface area contributed by atoms with Gasteiger partial charge < -0.3 is 15.1 Å².